The summed E-state index contributed by atoms with van der Waals surface area (Å²) in [6.45, 7) is 8.44. The van der Waals surface area contributed by atoms with Crippen molar-refractivity contribution in [2.45, 2.75) is 13.5 Å². The van der Waals surface area contributed by atoms with Gasteiger partial charge in [0, 0.05) is 43.3 Å². The highest BCUT2D eigenvalue weighted by atomic mass is 35.5. The van der Waals surface area contributed by atoms with Crippen molar-refractivity contribution in [2.24, 2.45) is 4.99 Å². The minimum Gasteiger partial charge on any atom is -0.379 e. The van der Waals surface area contributed by atoms with E-state index in [1.807, 2.05) is 25.1 Å². The van der Waals surface area contributed by atoms with E-state index in [-0.39, 0.29) is 0 Å². The second-order valence-corrected chi connectivity index (χ2v) is 6.53. The second kappa shape index (κ2) is 10.2. The number of aromatic nitrogens is 2. The first-order valence-electron chi connectivity index (χ1n) is 9.15. The lowest BCUT2D eigenvalue weighted by molar-refractivity contribution is 0.0389. The van der Waals surface area contributed by atoms with Crippen LogP contribution in [0.15, 0.2) is 33.8 Å². The molecule has 0 bridgehead atoms. The van der Waals surface area contributed by atoms with Crippen molar-refractivity contribution in [1.82, 2.24) is 25.7 Å². The van der Waals surface area contributed by atoms with E-state index in [1.165, 1.54) is 0 Å². The Morgan fingerprint density at radius 1 is 1.30 bits per heavy atom. The third kappa shape index (κ3) is 6.20. The van der Waals surface area contributed by atoms with Gasteiger partial charge in [-0.25, -0.2) is 4.99 Å². The van der Waals surface area contributed by atoms with Crippen LogP contribution in [0, 0.1) is 0 Å². The average molecular weight is 393 g/mol. The zero-order valence-corrected chi connectivity index (χ0v) is 16.2. The predicted molar refractivity (Wildman–Crippen MR) is 105 cm³/mol. The van der Waals surface area contributed by atoms with Gasteiger partial charge >= 0.3 is 0 Å². The second-order valence-electron chi connectivity index (χ2n) is 6.10. The van der Waals surface area contributed by atoms with Gasteiger partial charge < -0.3 is 19.9 Å². The zero-order chi connectivity index (χ0) is 18.9. The summed E-state index contributed by atoms with van der Waals surface area (Å²) in [5, 5.41) is 11.2. The van der Waals surface area contributed by atoms with Crippen molar-refractivity contribution < 1.29 is 9.26 Å². The van der Waals surface area contributed by atoms with E-state index in [0.717, 1.165) is 57.5 Å². The molecule has 0 saturated carbocycles. The number of guanidine groups is 1. The third-order valence-electron chi connectivity index (χ3n) is 4.09. The molecule has 0 radical (unpaired) electrons. The van der Waals surface area contributed by atoms with Crippen LogP contribution < -0.4 is 10.6 Å². The fraction of sp³-hybridized carbons (Fsp3) is 0.500. The summed E-state index contributed by atoms with van der Waals surface area (Å²) in [6, 6.07) is 7.35. The monoisotopic (exact) mass is 392 g/mol. The summed E-state index contributed by atoms with van der Waals surface area (Å²) in [6.07, 6.45) is 0. The van der Waals surface area contributed by atoms with E-state index in [4.69, 9.17) is 20.9 Å². The maximum absolute atomic E-state index is 6.01. The van der Waals surface area contributed by atoms with Gasteiger partial charge in [-0.1, -0.05) is 28.9 Å². The van der Waals surface area contributed by atoms with Crippen molar-refractivity contribution in [3.63, 3.8) is 0 Å². The molecule has 1 aromatic heterocycles. The standard InChI is InChI=1S/C18H25ClN6O2/c1-2-20-18(21-6-7-25-8-10-26-11-9-25)22-13-16-23-17(24-27-16)14-4-3-5-15(19)12-14/h3-5,12H,2,6-11,13H2,1H3,(H2,20,21,22). The van der Waals surface area contributed by atoms with Crippen molar-refractivity contribution in [1.29, 1.82) is 0 Å². The first kappa shape index (κ1) is 19.6. The fourth-order valence-electron chi connectivity index (χ4n) is 2.71. The summed E-state index contributed by atoms with van der Waals surface area (Å²) >= 11 is 6.01. The number of ether oxygens (including phenoxy) is 1. The van der Waals surface area contributed by atoms with Gasteiger partial charge in [0.1, 0.15) is 6.54 Å². The van der Waals surface area contributed by atoms with Gasteiger partial charge in [0.25, 0.3) is 0 Å². The first-order chi connectivity index (χ1) is 13.2. The zero-order valence-electron chi connectivity index (χ0n) is 15.4. The highest BCUT2D eigenvalue weighted by Gasteiger charge is 2.11. The summed E-state index contributed by atoms with van der Waals surface area (Å²) in [7, 11) is 0. The van der Waals surface area contributed by atoms with Gasteiger partial charge in [-0.3, -0.25) is 4.90 Å². The molecule has 2 N–H and O–H groups in total. The number of aliphatic imine (C=N–C) groups is 1. The van der Waals surface area contributed by atoms with Crippen LogP contribution in [0.1, 0.15) is 12.8 Å². The minimum absolute atomic E-state index is 0.306. The van der Waals surface area contributed by atoms with E-state index in [0.29, 0.717) is 23.3 Å². The number of benzene rings is 1. The van der Waals surface area contributed by atoms with Gasteiger partial charge in [0.15, 0.2) is 5.96 Å². The maximum Gasteiger partial charge on any atom is 0.248 e. The van der Waals surface area contributed by atoms with Gasteiger partial charge in [-0.2, -0.15) is 4.98 Å². The molecule has 27 heavy (non-hydrogen) atoms. The molecule has 0 atom stereocenters. The number of nitrogens with zero attached hydrogens (tertiary/aromatic N) is 4. The average Bonchev–Trinajstić information content (AvgIpc) is 3.16. The molecule has 1 aliphatic rings. The number of nitrogens with one attached hydrogen (secondary N) is 2. The molecule has 2 aromatic rings. The van der Waals surface area contributed by atoms with E-state index in [1.54, 1.807) is 6.07 Å². The van der Waals surface area contributed by atoms with Gasteiger partial charge in [0.05, 0.1) is 13.2 Å². The van der Waals surface area contributed by atoms with Crippen LogP contribution >= 0.6 is 11.6 Å². The molecule has 1 saturated heterocycles. The van der Waals surface area contributed by atoms with Gasteiger partial charge in [0.2, 0.25) is 11.7 Å². The fourth-order valence-corrected chi connectivity index (χ4v) is 2.90. The Morgan fingerprint density at radius 2 is 2.15 bits per heavy atom. The first-order valence-corrected chi connectivity index (χ1v) is 9.53. The van der Waals surface area contributed by atoms with Crippen molar-refractivity contribution >= 4 is 17.6 Å². The van der Waals surface area contributed by atoms with Crippen molar-refractivity contribution in [2.75, 3.05) is 45.9 Å². The molecule has 9 heteroatoms. The Hall–Kier alpha value is -2.16. The molecule has 8 nitrogen and oxygen atoms in total. The molecule has 0 unspecified atom stereocenters. The SMILES string of the molecule is CCNC(=NCc1nc(-c2cccc(Cl)c2)no1)NCCN1CCOCC1. The molecule has 2 heterocycles. The molecule has 0 aliphatic carbocycles. The van der Waals surface area contributed by atoms with Crippen LogP contribution in [0.3, 0.4) is 0 Å². The highest BCUT2D eigenvalue weighted by molar-refractivity contribution is 6.30. The van der Waals surface area contributed by atoms with E-state index < -0.39 is 0 Å². The molecule has 3 rings (SSSR count). The largest absolute Gasteiger partial charge is 0.379 e. The molecule has 146 valence electrons. The van der Waals surface area contributed by atoms with E-state index in [2.05, 4.69) is 30.7 Å². The highest BCUT2D eigenvalue weighted by Crippen LogP contribution is 2.20. The van der Waals surface area contributed by atoms with Crippen LogP contribution in [0.2, 0.25) is 5.02 Å². The number of rotatable bonds is 7. The normalized spacial score (nSPS) is 15.7. The predicted octanol–water partition coefficient (Wildman–Crippen LogP) is 1.78. The van der Waals surface area contributed by atoms with E-state index >= 15 is 0 Å². The van der Waals surface area contributed by atoms with Crippen molar-refractivity contribution in [3.05, 3.63) is 35.2 Å². The smallest absolute Gasteiger partial charge is 0.248 e. The summed E-state index contributed by atoms with van der Waals surface area (Å²) in [4.78, 5) is 11.3. The van der Waals surface area contributed by atoms with Crippen LogP contribution in [0.4, 0.5) is 0 Å². The lowest BCUT2D eigenvalue weighted by Crippen LogP contribution is -2.44. The minimum atomic E-state index is 0.306. The number of morpholine rings is 1. The summed E-state index contributed by atoms with van der Waals surface area (Å²) in [5.41, 5.74) is 0.817. The third-order valence-corrected chi connectivity index (χ3v) is 4.33. The lowest BCUT2D eigenvalue weighted by Gasteiger charge is -2.26. The molecule has 0 amide bonds. The maximum atomic E-state index is 6.01. The van der Waals surface area contributed by atoms with Crippen LogP contribution in [-0.4, -0.2) is 66.9 Å². The lowest BCUT2D eigenvalue weighted by atomic mass is 10.2. The quantitative estimate of drug-likeness (QED) is 0.548. The van der Waals surface area contributed by atoms with E-state index in [9.17, 15) is 0 Å². The Labute approximate surface area is 163 Å². The molecule has 1 aliphatic heterocycles. The van der Waals surface area contributed by atoms with Crippen LogP contribution in [0.25, 0.3) is 11.4 Å². The van der Waals surface area contributed by atoms with Crippen LogP contribution in [-0.2, 0) is 11.3 Å². The number of hydrogen-bond acceptors (Lipinski definition) is 6. The number of hydrogen-bond donors (Lipinski definition) is 2. The Morgan fingerprint density at radius 3 is 2.93 bits per heavy atom. The summed E-state index contributed by atoms with van der Waals surface area (Å²) < 4.78 is 10.7. The Kier molecular flexibility index (Phi) is 7.44. The van der Waals surface area contributed by atoms with Gasteiger partial charge in [-0.15, -0.1) is 0 Å². The van der Waals surface area contributed by atoms with Crippen LogP contribution in [0.5, 0.6) is 0 Å². The topological polar surface area (TPSA) is 87.8 Å². The molecular formula is C18H25ClN6O2. The summed E-state index contributed by atoms with van der Waals surface area (Å²) in [5.74, 6) is 1.69. The Bertz CT molecular complexity index is 745. The molecule has 1 aromatic carbocycles. The Balaban J connectivity index is 1.53. The number of halogens is 1. The van der Waals surface area contributed by atoms with Crippen molar-refractivity contribution in [3.8, 4) is 11.4 Å². The molecule has 1 fully saturated rings. The molecule has 0 spiro atoms. The molecular weight excluding hydrogens is 368 g/mol. The van der Waals surface area contributed by atoms with Gasteiger partial charge in [-0.05, 0) is 19.1 Å².